The van der Waals surface area contributed by atoms with Crippen molar-refractivity contribution in [3.8, 4) is 5.88 Å². The van der Waals surface area contributed by atoms with Crippen molar-refractivity contribution < 1.29 is 4.74 Å². The molecule has 0 fully saturated rings. The molecule has 1 rings (SSSR count). The summed E-state index contributed by atoms with van der Waals surface area (Å²) in [7, 11) is 1.57. The Hall–Kier alpha value is -0.880. The molecule has 96 valence electrons. The van der Waals surface area contributed by atoms with E-state index in [-0.39, 0.29) is 5.54 Å². The number of halogens is 1. The molecule has 0 bridgehead atoms. The summed E-state index contributed by atoms with van der Waals surface area (Å²) in [5.41, 5.74) is 5.97. The molecule has 0 atom stereocenters. The van der Waals surface area contributed by atoms with E-state index in [0.29, 0.717) is 18.4 Å². The summed E-state index contributed by atoms with van der Waals surface area (Å²) in [6, 6.07) is 0. The van der Waals surface area contributed by atoms with Crippen molar-refractivity contribution in [2.45, 2.75) is 32.2 Å². The van der Waals surface area contributed by atoms with Gasteiger partial charge in [-0.25, -0.2) is 4.98 Å². The highest BCUT2D eigenvalue weighted by Crippen LogP contribution is 2.22. The highest BCUT2D eigenvalue weighted by molar-refractivity contribution is 9.10. The molecule has 5 nitrogen and oxygen atoms in total. The summed E-state index contributed by atoms with van der Waals surface area (Å²) >= 11 is 3.31. The molecule has 1 aromatic heterocycles. The SMILES string of the molecule is CCC(N)(CC)CNc1ncc(Br)c(OC)n1. The van der Waals surface area contributed by atoms with Crippen LogP contribution < -0.4 is 15.8 Å². The monoisotopic (exact) mass is 302 g/mol. The molecule has 0 amide bonds. The standard InChI is InChI=1S/C11H19BrN4O/c1-4-11(13,5-2)7-15-10-14-6-8(12)9(16-10)17-3/h6H,4-5,7,13H2,1-3H3,(H,14,15,16). The Labute approximate surface area is 110 Å². The minimum Gasteiger partial charge on any atom is -0.480 e. The number of anilines is 1. The van der Waals surface area contributed by atoms with Gasteiger partial charge >= 0.3 is 0 Å². The highest BCUT2D eigenvalue weighted by atomic mass is 79.9. The van der Waals surface area contributed by atoms with E-state index < -0.39 is 0 Å². The lowest BCUT2D eigenvalue weighted by atomic mass is 9.94. The molecule has 0 radical (unpaired) electrons. The largest absolute Gasteiger partial charge is 0.480 e. The molecule has 17 heavy (non-hydrogen) atoms. The number of nitrogens with two attached hydrogens (primary N) is 1. The van der Waals surface area contributed by atoms with Crippen molar-refractivity contribution in [2.75, 3.05) is 19.0 Å². The van der Waals surface area contributed by atoms with Gasteiger partial charge in [0.05, 0.1) is 17.8 Å². The second-order valence-corrected chi connectivity index (χ2v) is 4.83. The number of nitrogens with zero attached hydrogens (tertiary/aromatic N) is 2. The zero-order chi connectivity index (χ0) is 12.9. The third kappa shape index (κ3) is 3.81. The van der Waals surface area contributed by atoms with Crippen LogP contribution in [0.15, 0.2) is 10.7 Å². The maximum absolute atomic E-state index is 6.19. The first kappa shape index (κ1) is 14.2. The summed E-state index contributed by atoms with van der Waals surface area (Å²) in [4.78, 5) is 8.37. The van der Waals surface area contributed by atoms with Crippen molar-refractivity contribution in [3.63, 3.8) is 0 Å². The van der Waals surface area contributed by atoms with Crippen LogP contribution in [0, 0.1) is 0 Å². The van der Waals surface area contributed by atoms with Gasteiger partial charge in [0.1, 0.15) is 0 Å². The number of hydrogen-bond donors (Lipinski definition) is 2. The van der Waals surface area contributed by atoms with Crippen LogP contribution in [-0.4, -0.2) is 29.2 Å². The molecule has 0 spiro atoms. The van der Waals surface area contributed by atoms with Gasteiger partial charge in [-0.2, -0.15) is 4.98 Å². The van der Waals surface area contributed by atoms with Crippen molar-refractivity contribution in [1.29, 1.82) is 0 Å². The second-order valence-electron chi connectivity index (χ2n) is 3.97. The van der Waals surface area contributed by atoms with Gasteiger partial charge < -0.3 is 15.8 Å². The van der Waals surface area contributed by atoms with E-state index in [0.717, 1.165) is 17.3 Å². The lowest BCUT2D eigenvalue weighted by Crippen LogP contribution is -2.45. The number of aromatic nitrogens is 2. The minimum atomic E-state index is -0.219. The number of methoxy groups -OCH3 is 1. The zero-order valence-corrected chi connectivity index (χ0v) is 12.0. The average Bonchev–Trinajstić information content (AvgIpc) is 2.37. The van der Waals surface area contributed by atoms with Gasteiger partial charge in [0, 0.05) is 12.1 Å². The van der Waals surface area contributed by atoms with E-state index in [4.69, 9.17) is 10.5 Å². The first-order chi connectivity index (χ1) is 8.04. The van der Waals surface area contributed by atoms with Crippen LogP contribution in [0.3, 0.4) is 0 Å². The normalized spacial score (nSPS) is 11.4. The van der Waals surface area contributed by atoms with Crippen LogP contribution in [0.25, 0.3) is 0 Å². The van der Waals surface area contributed by atoms with E-state index in [1.165, 1.54) is 0 Å². The molecule has 6 heteroatoms. The lowest BCUT2D eigenvalue weighted by molar-refractivity contribution is 0.393. The fourth-order valence-corrected chi connectivity index (χ4v) is 1.69. The van der Waals surface area contributed by atoms with Crippen molar-refractivity contribution in [3.05, 3.63) is 10.7 Å². The second kappa shape index (κ2) is 6.16. The van der Waals surface area contributed by atoms with Crippen LogP contribution in [-0.2, 0) is 0 Å². The zero-order valence-electron chi connectivity index (χ0n) is 10.5. The van der Waals surface area contributed by atoms with Gasteiger partial charge in [-0.15, -0.1) is 0 Å². The molecule has 0 saturated heterocycles. The van der Waals surface area contributed by atoms with Crippen molar-refractivity contribution in [1.82, 2.24) is 9.97 Å². The molecule has 1 heterocycles. The molecule has 0 aliphatic rings. The van der Waals surface area contributed by atoms with Crippen LogP contribution in [0.2, 0.25) is 0 Å². The summed E-state index contributed by atoms with van der Waals surface area (Å²) in [5.74, 6) is 1.04. The van der Waals surface area contributed by atoms with Gasteiger partial charge in [0.2, 0.25) is 11.8 Å². The first-order valence-corrected chi connectivity index (χ1v) is 6.43. The maximum atomic E-state index is 6.19. The van der Waals surface area contributed by atoms with Crippen LogP contribution in [0.5, 0.6) is 5.88 Å². The molecule has 1 aromatic rings. The third-order valence-corrected chi connectivity index (χ3v) is 3.46. The van der Waals surface area contributed by atoms with E-state index in [1.807, 2.05) is 0 Å². The van der Waals surface area contributed by atoms with E-state index in [2.05, 4.69) is 45.1 Å². The minimum absolute atomic E-state index is 0.219. The third-order valence-electron chi connectivity index (χ3n) is 2.91. The van der Waals surface area contributed by atoms with Crippen LogP contribution in [0.4, 0.5) is 5.95 Å². The Bertz CT molecular complexity index is 368. The summed E-state index contributed by atoms with van der Waals surface area (Å²) in [6.07, 6.45) is 3.47. The average molecular weight is 303 g/mol. The van der Waals surface area contributed by atoms with E-state index >= 15 is 0 Å². The Morgan fingerprint density at radius 1 is 1.47 bits per heavy atom. The Morgan fingerprint density at radius 2 is 2.12 bits per heavy atom. The fourth-order valence-electron chi connectivity index (χ4n) is 1.33. The number of nitrogens with one attached hydrogen (secondary N) is 1. The number of rotatable bonds is 6. The van der Waals surface area contributed by atoms with Gasteiger partial charge in [0.15, 0.2) is 0 Å². The summed E-state index contributed by atoms with van der Waals surface area (Å²) in [5, 5.41) is 3.14. The Kier molecular flexibility index (Phi) is 5.14. The number of hydrogen-bond acceptors (Lipinski definition) is 5. The Morgan fingerprint density at radius 3 is 2.65 bits per heavy atom. The van der Waals surface area contributed by atoms with E-state index in [1.54, 1.807) is 13.3 Å². The molecule has 0 aliphatic heterocycles. The van der Waals surface area contributed by atoms with Crippen molar-refractivity contribution in [2.24, 2.45) is 5.73 Å². The Balaban J connectivity index is 2.69. The first-order valence-electron chi connectivity index (χ1n) is 5.64. The summed E-state index contributed by atoms with van der Waals surface area (Å²) in [6.45, 7) is 4.80. The van der Waals surface area contributed by atoms with Gasteiger partial charge in [0.25, 0.3) is 0 Å². The molecule has 0 unspecified atom stereocenters. The topological polar surface area (TPSA) is 73.1 Å². The van der Waals surface area contributed by atoms with Crippen molar-refractivity contribution >= 4 is 21.9 Å². The summed E-state index contributed by atoms with van der Waals surface area (Å²) < 4.78 is 5.83. The molecular formula is C11H19BrN4O. The molecule has 0 saturated carbocycles. The van der Waals surface area contributed by atoms with Crippen LogP contribution in [0.1, 0.15) is 26.7 Å². The predicted molar refractivity (Wildman–Crippen MR) is 72.3 cm³/mol. The molecule has 3 N–H and O–H groups in total. The lowest BCUT2D eigenvalue weighted by Gasteiger charge is -2.26. The molecule has 0 aliphatic carbocycles. The van der Waals surface area contributed by atoms with Gasteiger partial charge in [-0.05, 0) is 28.8 Å². The molecule has 0 aromatic carbocycles. The van der Waals surface area contributed by atoms with Gasteiger partial charge in [-0.3, -0.25) is 0 Å². The van der Waals surface area contributed by atoms with Gasteiger partial charge in [-0.1, -0.05) is 13.8 Å². The maximum Gasteiger partial charge on any atom is 0.232 e. The highest BCUT2D eigenvalue weighted by Gasteiger charge is 2.20. The fraction of sp³-hybridized carbons (Fsp3) is 0.636. The molecular weight excluding hydrogens is 284 g/mol. The van der Waals surface area contributed by atoms with Crippen LogP contribution >= 0.6 is 15.9 Å². The van der Waals surface area contributed by atoms with E-state index in [9.17, 15) is 0 Å². The predicted octanol–water partition coefficient (Wildman–Crippen LogP) is 2.18. The number of ether oxygens (including phenoxy) is 1. The smallest absolute Gasteiger partial charge is 0.232 e. The quantitative estimate of drug-likeness (QED) is 0.842.